The van der Waals surface area contributed by atoms with Crippen LogP contribution in [-0.4, -0.2) is 36.5 Å². The maximum Gasteiger partial charge on any atom is 0.0897 e. The van der Waals surface area contributed by atoms with E-state index in [0.717, 1.165) is 11.8 Å². The molecule has 2 fully saturated rings. The fourth-order valence-electron chi connectivity index (χ4n) is 3.76. The summed E-state index contributed by atoms with van der Waals surface area (Å²) >= 11 is 0. The van der Waals surface area contributed by atoms with Crippen LogP contribution in [0.2, 0.25) is 0 Å². The summed E-state index contributed by atoms with van der Waals surface area (Å²) in [4.78, 5) is 0. The van der Waals surface area contributed by atoms with Gasteiger partial charge in [0.1, 0.15) is 0 Å². The fourth-order valence-corrected chi connectivity index (χ4v) is 3.76. The van der Waals surface area contributed by atoms with Crippen LogP contribution in [0.5, 0.6) is 0 Å². The monoisotopic (exact) mass is 283 g/mol. The molecule has 0 bridgehead atoms. The van der Waals surface area contributed by atoms with Crippen LogP contribution >= 0.6 is 0 Å². The third kappa shape index (κ3) is 4.44. The molecular formula is C17H33NO2. The van der Waals surface area contributed by atoms with Crippen LogP contribution in [-0.2, 0) is 4.74 Å². The maximum atomic E-state index is 10.1. The minimum absolute atomic E-state index is 0.365. The van der Waals surface area contributed by atoms with Crippen LogP contribution in [0.1, 0.15) is 59.3 Å². The van der Waals surface area contributed by atoms with Crippen LogP contribution in [0.4, 0.5) is 0 Å². The Bertz CT molecular complexity index is 276. The second kappa shape index (κ2) is 7.77. The van der Waals surface area contributed by atoms with Gasteiger partial charge in [-0.05, 0) is 43.4 Å². The zero-order valence-corrected chi connectivity index (χ0v) is 13.5. The maximum absolute atomic E-state index is 10.1. The third-order valence-corrected chi connectivity index (χ3v) is 5.62. The number of aliphatic hydroxyl groups is 1. The van der Waals surface area contributed by atoms with Crippen molar-refractivity contribution < 1.29 is 9.84 Å². The van der Waals surface area contributed by atoms with Gasteiger partial charge in [-0.15, -0.1) is 0 Å². The molecule has 0 aromatic rings. The highest BCUT2D eigenvalue weighted by Gasteiger charge is 2.29. The van der Waals surface area contributed by atoms with Crippen molar-refractivity contribution in [1.29, 1.82) is 0 Å². The van der Waals surface area contributed by atoms with Crippen LogP contribution in [0, 0.1) is 17.8 Å². The van der Waals surface area contributed by atoms with Crippen molar-refractivity contribution in [3.05, 3.63) is 0 Å². The molecule has 6 unspecified atom stereocenters. The normalized spacial score (nSPS) is 39.9. The molecular weight excluding hydrogens is 250 g/mol. The van der Waals surface area contributed by atoms with E-state index in [4.69, 9.17) is 4.74 Å². The molecule has 0 aromatic heterocycles. The first-order valence-electron chi connectivity index (χ1n) is 8.61. The fraction of sp³-hybridized carbons (Fsp3) is 1.00. The van der Waals surface area contributed by atoms with Crippen LogP contribution in [0.3, 0.4) is 0 Å². The van der Waals surface area contributed by atoms with Gasteiger partial charge in [0, 0.05) is 12.6 Å². The molecule has 0 aromatic carbocycles. The number of aliphatic hydroxyl groups excluding tert-OH is 1. The van der Waals surface area contributed by atoms with E-state index in [1.807, 2.05) is 0 Å². The lowest BCUT2D eigenvalue weighted by atomic mass is 9.88. The van der Waals surface area contributed by atoms with Gasteiger partial charge in [0.05, 0.1) is 18.8 Å². The standard InChI is InChI=1S/C17H33NO2/c1-12-8-9-16(14(12)3)18-10-15(19)11-20-17-7-5-4-6-13(17)2/h12-19H,4-11H2,1-3H3. The van der Waals surface area contributed by atoms with Gasteiger partial charge in [-0.2, -0.15) is 0 Å². The Morgan fingerprint density at radius 2 is 1.80 bits per heavy atom. The van der Waals surface area contributed by atoms with Crippen LogP contribution < -0.4 is 5.32 Å². The molecule has 0 aliphatic heterocycles. The summed E-state index contributed by atoms with van der Waals surface area (Å²) < 4.78 is 5.93. The summed E-state index contributed by atoms with van der Waals surface area (Å²) in [7, 11) is 0. The van der Waals surface area contributed by atoms with E-state index in [-0.39, 0.29) is 6.10 Å². The van der Waals surface area contributed by atoms with Crippen molar-refractivity contribution in [3.8, 4) is 0 Å². The predicted molar refractivity (Wildman–Crippen MR) is 82.7 cm³/mol. The topological polar surface area (TPSA) is 41.5 Å². The Balaban J connectivity index is 1.61. The molecule has 20 heavy (non-hydrogen) atoms. The van der Waals surface area contributed by atoms with Gasteiger partial charge in [0.2, 0.25) is 0 Å². The van der Waals surface area contributed by atoms with Crippen molar-refractivity contribution >= 4 is 0 Å². The van der Waals surface area contributed by atoms with Crippen molar-refractivity contribution in [1.82, 2.24) is 5.32 Å². The average Bonchev–Trinajstić information content (AvgIpc) is 2.76. The number of ether oxygens (including phenoxy) is 1. The molecule has 0 spiro atoms. The van der Waals surface area contributed by atoms with Gasteiger partial charge in [0.25, 0.3) is 0 Å². The Labute approximate surface area is 124 Å². The molecule has 118 valence electrons. The first kappa shape index (κ1) is 16.3. The molecule has 3 heteroatoms. The molecule has 0 radical (unpaired) electrons. The Morgan fingerprint density at radius 1 is 1.05 bits per heavy atom. The summed E-state index contributed by atoms with van der Waals surface area (Å²) in [6.07, 6.45) is 7.61. The molecule has 0 amide bonds. The summed E-state index contributed by atoms with van der Waals surface area (Å²) in [5, 5.41) is 13.6. The molecule has 6 atom stereocenters. The molecule has 2 N–H and O–H groups in total. The summed E-state index contributed by atoms with van der Waals surface area (Å²) in [5.41, 5.74) is 0. The van der Waals surface area contributed by atoms with Gasteiger partial charge in [-0.3, -0.25) is 0 Å². The van der Waals surface area contributed by atoms with E-state index in [0.29, 0.717) is 31.2 Å². The Morgan fingerprint density at radius 3 is 2.45 bits per heavy atom. The minimum Gasteiger partial charge on any atom is -0.389 e. The van der Waals surface area contributed by atoms with Crippen molar-refractivity contribution in [2.75, 3.05) is 13.2 Å². The molecule has 2 rings (SSSR count). The molecule has 3 nitrogen and oxygen atoms in total. The molecule has 0 heterocycles. The Hall–Kier alpha value is -0.120. The van der Waals surface area contributed by atoms with Crippen LogP contribution in [0.15, 0.2) is 0 Å². The third-order valence-electron chi connectivity index (χ3n) is 5.62. The largest absolute Gasteiger partial charge is 0.389 e. The SMILES string of the molecule is CC1CCCCC1OCC(O)CNC1CCC(C)C1C. The first-order valence-corrected chi connectivity index (χ1v) is 8.61. The highest BCUT2D eigenvalue weighted by molar-refractivity contribution is 4.85. The lowest BCUT2D eigenvalue weighted by Crippen LogP contribution is -2.40. The predicted octanol–water partition coefficient (Wildman–Crippen LogP) is 2.97. The second-order valence-corrected chi connectivity index (χ2v) is 7.22. The highest BCUT2D eigenvalue weighted by atomic mass is 16.5. The zero-order chi connectivity index (χ0) is 14.5. The van der Waals surface area contributed by atoms with E-state index in [2.05, 4.69) is 26.1 Å². The summed E-state index contributed by atoms with van der Waals surface area (Å²) in [5.74, 6) is 2.19. The minimum atomic E-state index is -0.368. The number of hydrogen-bond donors (Lipinski definition) is 2. The highest BCUT2D eigenvalue weighted by Crippen LogP contribution is 2.31. The Kier molecular flexibility index (Phi) is 6.31. The van der Waals surface area contributed by atoms with E-state index in [1.54, 1.807) is 0 Å². The second-order valence-electron chi connectivity index (χ2n) is 7.22. The molecule has 2 aliphatic carbocycles. The van der Waals surface area contributed by atoms with E-state index >= 15 is 0 Å². The zero-order valence-electron chi connectivity index (χ0n) is 13.5. The van der Waals surface area contributed by atoms with Crippen LogP contribution in [0.25, 0.3) is 0 Å². The van der Waals surface area contributed by atoms with Gasteiger partial charge in [-0.25, -0.2) is 0 Å². The van der Waals surface area contributed by atoms with E-state index in [1.165, 1.54) is 38.5 Å². The van der Waals surface area contributed by atoms with Crippen molar-refractivity contribution in [3.63, 3.8) is 0 Å². The molecule has 0 saturated heterocycles. The van der Waals surface area contributed by atoms with E-state index in [9.17, 15) is 5.11 Å². The summed E-state index contributed by atoms with van der Waals surface area (Å²) in [6.45, 7) is 8.08. The van der Waals surface area contributed by atoms with Gasteiger partial charge < -0.3 is 15.2 Å². The number of nitrogens with one attached hydrogen (secondary N) is 1. The lowest BCUT2D eigenvalue weighted by Gasteiger charge is -2.30. The summed E-state index contributed by atoms with van der Waals surface area (Å²) in [6, 6.07) is 0.577. The molecule has 2 aliphatic rings. The van der Waals surface area contributed by atoms with Crippen molar-refractivity contribution in [2.24, 2.45) is 17.8 Å². The number of rotatable bonds is 6. The van der Waals surface area contributed by atoms with Gasteiger partial charge in [-0.1, -0.05) is 33.6 Å². The van der Waals surface area contributed by atoms with E-state index < -0.39 is 0 Å². The van der Waals surface area contributed by atoms with Gasteiger partial charge >= 0.3 is 0 Å². The first-order chi connectivity index (χ1) is 9.58. The lowest BCUT2D eigenvalue weighted by molar-refractivity contribution is -0.0458. The molecule has 2 saturated carbocycles. The average molecular weight is 283 g/mol. The van der Waals surface area contributed by atoms with Crippen molar-refractivity contribution in [2.45, 2.75) is 77.5 Å². The quantitative estimate of drug-likeness (QED) is 0.787. The number of hydrogen-bond acceptors (Lipinski definition) is 3. The smallest absolute Gasteiger partial charge is 0.0897 e. The van der Waals surface area contributed by atoms with Gasteiger partial charge in [0.15, 0.2) is 0 Å².